The average Bonchev–Trinajstić information content (AvgIpc) is 2.69. The predicted octanol–water partition coefficient (Wildman–Crippen LogP) is 3.78. The van der Waals surface area contributed by atoms with Gasteiger partial charge in [-0.3, -0.25) is 14.5 Å². The van der Waals surface area contributed by atoms with Crippen LogP contribution >= 0.6 is 0 Å². The van der Waals surface area contributed by atoms with Crippen LogP contribution in [0, 0.1) is 13.8 Å². The summed E-state index contributed by atoms with van der Waals surface area (Å²) in [6.07, 6.45) is 1.99. The molecule has 0 spiro atoms. The van der Waals surface area contributed by atoms with Crippen LogP contribution in [0.5, 0.6) is 0 Å². The van der Waals surface area contributed by atoms with Crippen molar-refractivity contribution >= 4 is 22.5 Å². The first-order valence-corrected chi connectivity index (χ1v) is 10.0. The van der Waals surface area contributed by atoms with Gasteiger partial charge in [0.25, 0.3) is 5.56 Å². The zero-order valence-electron chi connectivity index (χ0n) is 17.3. The number of carbonyl (C=O) groups excluding carboxylic acids is 1. The molecule has 6 heteroatoms. The van der Waals surface area contributed by atoms with Crippen LogP contribution in [0.3, 0.4) is 0 Å². The third-order valence-electron chi connectivity index (χ3n) is 4.90. The van der Waals surface area contributed by atoms with Crippen LogP contribution in [-0.4, -0.2) is 33.9 Å². The van der Waals surface area contributed by atoms with Crippen molar-refractivity contribution in [2.24, 2.45) is 0 Å². The molecule has 2 N–H and O–H groups in total. The Hall–Kier alpha value is -2.99. The first-order chi connectivity index (χ1) is 14.0. The lowest BCUT2D eigenvalue weighted by Gasteiger charge is -2.21. The maximum Gasteiger partial charge on any atom is 0.258 e. The van der Waals surface area contributed by atoms with Gasteiger partial charge in [-0.25, -0.2) is 4.98 Å². The van der Waals surface area contributed by atoms with Crippen molar-refractivity contribution in [1.82, 2.24) is 14.9 Å². The van der Waals surface area contributed by atoms with Gasteiger partial charge in [0.2, 0.25) is 5.91 Å². The van der Waals surface area contributed by atoms with E-state index in [1.165, 1.54) is 0 Å². The fourth-order valence-electron chi connectivity index (χ4n) is 3.28. The van der Waals surface area contributed by atoms with Gasteiger partial charge in [0.05, 0.1) is 24.0 Å². The number of nitrogens with one attached hydrogen (secondary N) is 2. The first kappa shape index (κ1) is 20.7. The lowest BCUT2D eigenvalue weighted by atomic mass is 10.1. The lowest BCUT2D eigenvalue weighted by Crippen LogP contribution is -2.34. The molecule has 1 heterocycles. The Labute approximate surface area is 171 Å². The highest BCUT2D eigenvalue weighted by molar-refractivity contribution is 5.93. The van der Waals surface area contributed by atoms with Gasteiger partial charge < -0.3 is 10.3 Å². The number of fused-ring (bicyclic) bond motifs is 1. The Morgan fingerprint density at radius 2 is 1.97 bits per heavy atom. The van der Waals surface area contributed by atoms with E-state index in [0.717, 1.165) is 36.2 Å². The van der Waals surface area contributed by atoms with Gasteiger partial charge in [0.1, 0.15) is 5.82 Å². The van der Waals surface area contributed by atoms with Crippen molar-refractivity contribution < 1.29 is 4.79 Å². The fraction of sp³-hybridized carbons (Fsp3) is 0.348. The summed E-state index contributed by atoms with van der Waals surface area (Å²) in [6.45, 7) is 7.51. The quantitative estimate of drug-likeness (QED) is 0.611. The summed E-state index contributed by atoms with van der Waals surface area (Å²) in [6, 6.07) is 13.3. The van der Waals surface area contributed by atoms with Gasteiger partial charge in [-0.05, 0) is 56.1 Å². The van der Waals surface area contributed by atoms with Crippen LogP contribution in [0.1, 0.15) is 36.7 Å². The van der Waals surface area contributed by atoms with Gasteiger partial charge >= 0.3 is 0 Å². The van der Waals surface area contributed by atoms with Crippen molar-refractivity contribution in [2.75, 3.05) is 18.4 Å². The molecule has 1 amide bonds. The van der Waals surface area contributed by atoms with E-state index >= 15 is 0 Å². The normalized spacial score (nSPS) is 11.2. The molecule has 2 aromatic carbocycles. The second kappa shape index (κ2) is 9.47. The lowest BCUT2D eigenvalue weighted by molar-refractivity contribution is -0.117. The zero-order valence-corrected chi connectivity index (χ0v) is 17.3. The number of unbranched alkanes of at least 4 members (excludes halogenated alkanes) is 1. The van der Waals surface area contributed by atoms with Crippen molar-refractivity contribution in [3.63, 3.8) is 0 Å². The highest BCUT2D eigenvalue weighted by atomic mass is 16.2. The summed E-state index contributed by atoms with van der Waals surface area (Å²) in [5.74, 6) is 0.502. The fourth-order valence-corrected chi connectivity index (χ4v) is 3.28. The molecule has 0 aliphatic rings. The molecule has 0 saturated carbocycles. The molecule has 0 aliphatic carbocycles. The van der Waals surface area contributed by atoms with Crippen molar-refractivity contribution in [1.29, 1.82) is 0 Å². The number of benzene rings is 2. The van der Waals surface area contributed by atoms with Gasteiger partial charge in [-0.15, -0.1) is 0 Å². The molecule has 0 bridgehead atoms. The number of aromatic amines is 1. The Morgan fingerprint density at radius 1 is 1.17 bits per heavy atom. The number of hydrogen-bond acceptors (Lipinski definition) is 4. The second-order valence-electron chi connectivity index (χ2n) is 7.46. The zero-order chi connectivity index (χ0) is 20.8. The SMILES string of the molecule is CCCCN(CC(=O)Nc1cc(C)ccc1C)Cc1nc2ccccc2c(=O)[nH]1. The second-order valence-corrected chi connectivity index (χ2v) is 7.46. The van der Waals surface area contributed by atoms with Gasteiger partial charge in [-0.1, -0.05) is 37.6 Å². The summed E-state index contributed by atoms with van der Waals surface area (Å²) < 4.78 is 0. The maximum absolute atomic E-state index is 12.7. The molecule has 29 heavy (non-hydrogen) atoms. The molecule has 0 unspecified atom stereocenters. The highest BCUT2D eigenvalue weighted by Crippen LogP contribution is 2.16. The van der Waals surface area contributed by atoms with E-state index in [-0.39, 0.29) is 18.0 Å². The summed E-state index contributed by atoms with van der Waals surface area (Å²) >= 11 is 0. The number of para-hydroxylation sites is 1. The number of rotatable bonds is 8. The number of aryl methyl sites for hydroxylation is 2. The highest BCUT2D eigenvalue weighted by Gasteiger charge is 2.14. The molecule has 1 aromatic heterocycles. The first-order valence-electron chi connectivity index (χ1n) is 10.0. The standard InChI is InChI=1S/C23H28N4O2/c1-4-5-12-27(15-22(28)25-20-13-16(2)10-11-17(20)3)14-21-24-19-9-7-6-8-18(19)23(29)26-21/h6-11,13H,4-5,12,14-15H2,1-3H3,(H,25,28)(H,24,26,29). The molecule has 3 aromatic rings. The van der Waals surface area contributed by atoms with Crippen molar-refractivity contribution in [3.05, 3.63) is 69.8 Å². The van der Waals surface area contributed by atoms with Gasteiger partial charge in [0.15, 0.2) is 0 Å². The Bertz CT molecular complexity index is 1060. The van der Waals surface area contributed by atoms with E-state index in [9.17, 15) is 9.59 Å². The van der Waals surface area contributed by atoms with Crippen LogP contribution in [-0.2, 0) is 11.3 Å². The summed E-state index contributed by atoms with van der Waals surface area (Å²) in [5, 5.41) is 3.58. The van der Waals surface area contributed by atoms with E-state index in [1.54, 1.807) is 6.07 Å². The van der Waals surface area contributed by atoms with Crippen molar-refractivity contribution in [3.8, 4) is 0 Å². The molecular weight excluding hydrogens is 364 g/mol. The molecule has 0 radical (unpaired) electrons. The molecule has 3 rings (SSSR count). The average molecular weight is 393 g/mol. The summed E-state index contributed by atoms with van der Waals surface area (Å²) in [5.41, 5.74) is 3.49. The minimum absolute atomic E-state index is 0.0714. The Morgan fingerprint density at radius 3 is 2.76 bits per heavy atom. The van der Waals surface area contributed by atoms with E-state index in [2.05, 4.69) is 22.2 Å². The molecule has 0 saturated heterocycles. The minimum Gasteiger partial charge on any atom is -0.325 e. The number of anilines is 1. The molecule has 6 nitrogen and oxygen atoms in total. The number of amides is 1. The molecule has 152 valence electrons. The number of H-pyrrole nitrogens is 1. The largest absolute Gasteiger partial charge is 0.325 e. The summed E-state index contributed by atoms with van der Waals surface area (Å²) in [7, 11) is 0. The van der Waals surface area contributed by atoms with E-state index in [1.807, 2.05) is 55.1 Å². The van der Waals surface area contributed by atoms with Crippen LogP contribution in [0.2, 0.25) is 0 Å². The summed E-state index contributed by atoms with van der Waals surface area (Å²) in [4.78, 5) is 34.5. The maximum atomic E-state index is 12.7. The van der Waals surface area contributed by atoms with Crippen LogP contribution in [0.4, 0.5) is 5.69 Å². The molecule has 0 atom stereocenters. The third kappa shape index (κ3) is 5.51. The Kier molecular flexibility index (Phi) is 6.77. The number of nitrogens with zero attached hydrogens (tertiary/aromatic N) is 2. The Balaban J connectivity index is 1.75. The predicted molar refractivity (Wildman–Crippen MR) is 117 cm³/mol. The van der Waals surface area contributed by atoms with Gasteiger partial charge in [0, 0.05) is 5.69 Å². The van der Waals surface area contributed by atoms with Crippen LogP contribution < -0.4 is 10.9 Å². The number of carbonyl (C=O) groups is 1. The monoisotopic (exact) mass is 392 g/mol. The van der Waals surface area contributed by atoms with E-state index in [4.69, 9.17) is 0 Å². The van der Waals surface area contributed by atoms with E-state index < -0.39 is 0 Å². The van der Waals surface area contributed by atoms with E-state index in [0.29, 0.717) is 23.3 Å². The van der Waals surface area contributed by atoms with Crippen molar-refractivity contribution in [2.45, 2.75) is 40.2 Å². The topological polar surface area (TPSA) is 78.1 Å². The van der Waals surface area contributed by atoms with Crippen LogP contribution in [0.15, 0.2) is 47.3 Å². The van der Waals surface area contributed by atoms with Crippen LogP contribution in [0.25, 0.3) is 10.9 Å². The number of aromatic nitrogens is 2. The minimum atomic E-state index is -0.152. The smallest absolute Gasteiger partial charge is 0.258 e. The molecule has 0 fully saturated rings. The third-order valence-corrected chi connectivity index (χ3v) is 4.90. The van der Waals surface area contributed by atoms with Gasteiger partial charge in [-0.2, -0.15) is 0 Å². The number of hydrogen-bond donors (Lipinski definition) is 2. The molecular formula is C23H28N4O2. The molecule has 0 aliphatic heterocycles.